The normalized spacial score (nSPS) is 18.8. The highest BCUT2D eigenvalue weighted by atomic mass is 16.5. The van der Waals surface area contributed by atoms with Crippen molar-refractivity contribution in [3.8, 4) is 11.5 Å². The lowest BCUT2D eigenvalue weighted by atomic mass is 9.76. The topological polar surface area (TPSA) is 35.1 Å². The Hall–Kier alpha value is -2.00. The van der Waals surface area contributed by atoms with Crippen LogP contribution in [0.15, 0.2) is 42.5 Å². The van der Waals surface area contributed by atoms with Crippen LogP contribution in [-0.2, 0) is 6.42 Å². The van der Waals surface area contributed by atoms with E-state index in [9.17, 15) is 0 Å². The molecule has 0 aliphatic carbocycles. The molecule has 0 bridgehead atoms. The van der Waals surface area contributed by atoms with Gasteiger partial charge in [-0.15, -0.1) is 0 Å². The van der Waals surface area contributed by atoms with Crippen LogP contribution in [-0.4, -0.2) is 19.8 Å². The molecule has 0 saturated carbocycles. The molecule has 3 rings (SSSR count). The number of ether oxygens (including phenoxy) is 2. The minimum Gasteiger partial charge on any atom is -0.493 e. The second-order valence-electron chi connectivity index (χ2n) is 6.71. The fourth-order valence-electron chi connectivity index (χ4n) is 3.93. The highest BCUT2D eigenvalue weighted by molar-refractivity contribution is 5.51. The average molecular weight is 326 g/mol. The van der Waals surface area contributed by atoms with Crippen LogP contribution in [0.25, 0.3) is 0 Å². The minimum absolute atomic E-state index is 0.243. The number of hydrogen-bond acceptors (Lipinski definition) is 2. The molecule has 1 aliphatic rings. The number of hydrogen-bond donors (Lipinski definition) is 1. The molecule has 0 saturated heterocycles. The van der Waals surface area contributed by atoms with E-state index in [0.29, 0.717) is 6.04 Å². The first-order chi connectivity index (χ1) is 11.7. The van der Waals surface area contributed by atoms with E-state index < -0.39 is 0 Å². The third-order valence-corrected chi connectivity index (χ3v) is 5.61. The molecule has 1 aliphatic heterocycles. The fourth-order valence-corrected chi connectivity index (χ4v) is 3.93. The molecule has 3 nitrogen and oxygen atoms in total. The van der Waals surface area contributed by atoms with Gasteiger partial charge in [-0.05, 0) is 30.5 Å². The van der Waals surface area contributed by atoms with Crippen molar-refractivity contribution in [2.24, 2.45) is 0 Å². The van der Waals surface area contributed by atoms with Gasteiger partial charge in [0.1, 0.15) is 11.6 Å². The summed E-state index contributed by atoms with van der Waals surface area (Å²) < 4.78 is 11.1. The Morgan fingerprint density at radius 1 is 1.00 bits per heavy atom. The molecule has 0 fully saturated rings. The van der Waals surface area contributed by atoms with Crippen LogP contribution in [0.4, 0.5) is 0 Å². The van der Waals surface area contributed by atoms with Gasteiger partial charge in [0.05, 0.1) is 14.2 Å². The molecule has 0 amide bonds. The van der Waals surface area contributed by atoms with Gasteiger partial charge in [0.15, 0.2) is 11.5 Å². The van der Waals surface area contributed by atoms with E-state index in [1.165, 1.54) is 16.7 Å². The van der Waals surface area contributed by atoms with Crippen molar-refractivity contribution in [2.75, 3.05) is 14.2 Å². The van der Waals surface area contributed by atoms with Gasteiger partial charge in [0, 0.05) is 17.5 Å². The van der Waals surface area contributed by atoms with Crippen molar-refractivity contribution in [1.82, 2.24) is 0 Å². The van der Waals surface area contributed by atoms with Gasteiger partial charge in [-0.25, -0.2) is 0 Å². The van der Waals surface area contributed by atoms with Crippen LogP contribution in [0.3, 0.4) is 0 Å². The van der Waals surface area contributed by atoms with Gasteiger partial charge in [-0.3, -0.25) is 0 Å². The summed E-state index contributed by atoms with van der Waals surface area (Å²) >= 11 is 0. The molecule has 128 valence electrons. The average Bonchev–Trinajstić information content (AvgIpc) is 2.66. The zero-order chi connectivity index (χ0) is 17.2. The molecule has 1 heterocycles. The van der Waals surface area contributed by atoms with Crippen molar-refractivity contribution in [1.29, 1.82) is 0 Å². The quantitative estimate of drug-likeness (QED) is 0.913. The second-order valence-corrected chi connectivity index (χ2v) is 6.71. The lowest BCUT2D eigenvalue weighted by Crippen LogP contribution is -2.99. The Labute approximate surface area is 145 Å². The molecule has 0 aromatic heterocycles. The van der Waals surface area contributed by atoms with E-state index in [0.717, 1.165) is 30.8 Å². The van der Waals surface area contributed by atoms with E-state index in [1.807, 2.05) is 0 Å². The SMILES string of the molecule is CCC1(CC)Cc2cc(OC)c(OC)cc2[C@@H](c2ccccc2)[NH2+]1. The largest absolute Gasteiger partial charge is 0.493 e. The molecule has 0 spiro atoms. The van der Waals surface area contributed by atoms with E-state index >= 15 is 0 Å². The number of benzene rings is 2. The predicted octanol–water partition coefficient (Wildman–Crippen LogP) is 3.47. The van der Waals surface area contributed by atoms with Crippen molar-refractivity contribution in [3.63, 3.8) is 0 Å². The molecule has 0 radical (unpaired) electrons. The molecular formula is C21H28NO2+. The second kappa shape index (κ2) is 6.86. The Balaban J connectivity index is 2.16. The van der Waals surface area contributed by atoms with E-state index in [4.69, 9.17) is 9.47 Å². The lowest BCUT2D eigenvalue weighted by Gasteiger charge is -2.39. The Morgan fingerprint density at radius 2 is 1.62 bits per heavy atom. The van der Waals surface area contributed by atoms with Gasteiger partial charge < -0.3 is 14.8 Å². The Morgan fingerprint density at radius 3 is 2.21 bits per heavy atom. The highest BCUT2D eigenvalue weighted by Gasteiger charge is 2.41. The van der Waals surface area contributed by atoms with Crippen LogP contribution in [0.5, 0.6) is 11.5 Å². The highest BCUT2D eigenvalue weighted by Crippen LogP contribution is 2.38. The summed E-state index contributed by atoms with van der Waals surface area (Å²) in [5.74, 6) is 1.64. The van der Waals surface area contributed by atoms with Gasteiger partial charge >= 0.3 is 0 Å². The summed E-state index contributed by atoms with van der Waals surface area (Å²) in [4.78, 5) is 0. The smallest absolute Gasteiger partial charge is 0.161 e. The van der Waals surface area contributed by atoms with Gasteiger partial charge in [-0.2, -0.15) is 0 Å². The maximum atomic E-state index is 5.55. The third-order valence-electron chi connectivity index (χ3n) is 5.61. The first-order valence-electron chi connectivity index (χ1n) is 8.82. The summed E-state index contributed by atoms with van der Waals surface area (Å²) in [6.45, 7) is 4.60. The summed E-state index contributed by atoms with van der Waals surface area (Å²) in [7, 11) is 3.41. The number of nitrogens with two attached hydrogens (primary N) is 1. The van der Waals surface area contributed by atoms with E-state index in [2.05, 4.69) is 61.6 Å². The van der Waals surface area contributed by atoms with Gasteiger partial charge in [0.2, 0.25) is 0 Å². The van der Waals surface area contributed by atoms with Crippen molar-refractivity contribution < 1.29 is 14.8 Å². The van der Waals surface area contributed by atoms with Crippen LogP contribution in [0.1, 0.15) is 49.4 Å². The monoisotopic (exact) mass is 326 g/mol. The summed E-state index contributed by atoms with van der Waals surface area (Å²) in [5, 5.41) is 2.57. The molecular weight excluding hydrogens is 298 g/mol. The van der Waals surface area contributed by atoms with Crippen LogP contribution >= 0.6 is 0 Å². The first-order valence-corrected chi connectivity index (χ1v) is 8.82. The fraction of sp³-hybridized carbons (Fsp3) is 0.429. The molecule has 2 N–H and O–H groups in total. The molecule has 0 unspecified atom stereocenters. The lowest BCUT2D eigenvalue weighted by molar-refractivity contribution is -0.760. The zero-order valence-corrected chi connectivity index (χ0v) is 15.1. The molecule has 2 aromatic carbocycles. The predicted molar refractivity (Wildman–Crippen MR) is 96.8 cm³/mol. The number of methoxy groups -OCH3 is 2. The maximum Gasteiger partial charge on any atom is 0.161 e. The number of quaternary nitrogens is 1. The summed E-state index contributed by atoms with van der Waals surface area (Å²) in [6.07, 6.45) is 3.38. The summed E-state index contributed by atoms with van der Waals surface area (Å²) in [5.41, 5.74) is 4.31. The zero-order valence-electron chi connectivity index (χ0n) is 15.1. The molecule has 3 heteroatoms. The maximum absolute atomic E-state index is 5.55. The van der Waals surface area contributed by atoms with Crippen LogP contribution in [0.2, 0.25) is 0 Å². The van der Waals surface area contributed by atoms with Crippen molar-refractivity contribution in [3.05, 3.63) is 59.2 Å². The molecule has 24 heavy (non-hydrogen) atoms. The molecule has 2 aromatic rings. The summed E-state index contributed by atoms with van der Waals surface area (Å²) in [6, 6.07) is 15.4. The third kappa shape index (κ3) is 2.89. The van der Waals surface area contributed by atoms with Gasteiger partial charge in [0.25, 0.3) is 0 Å². The standard InChI is InChI=1S/C21H27NO2/c1-5-21(6-2)14-16-12-18(23-3)19(24-4)13-17(16)20(22-21)15-10-8-7-9-11-15/h7-13,20,22H,5-6,14H2,1-4H3/p+1/t20-/m1/s1. The minimum atomic E-state index is 0.243. The number of fused-ring (bicyclic) bond motifs is 1. The first kappa shape index (κ1) is 16.8. The number of rotatable bonds is 5. The Kier molecular flexibility index (Phi) is 4.81. The van der Waals surface area contributed by atoms with Crippen molar-refractivity contribution in [2.45, 2.75) is 44.7 Å². The van der Waals surface area contributed by atoms with Crippen molar-refractivity contribution >= 4 is 0 Å². The van der Waals surface area contributed by atoms with Crippen LogP contribution < -0.4 is 14.8 Å². The van der Waals surface area contributed by atoms with Crippen LogP contribution in [0, 0.1) is 0 Å². The Bertz CT molecular complexity index is 692. The van der Waals surface area contributed by atoms with E-state index in [-0.39, 0.29) is 5.54 Å². The molecule has 1 atom stereocenters. The van der Waals surface area contributed by atoms with Gasteiger partial charge in [-0.1, -0.05) is 44.2 Å². The van der Waals surface area contributed by atoms with E-state index in [1.54, 1.807) is 14.2 Å².